The number of pyridine rings is 1. The van der Waals surface area contributed by atoms with Gasteiger partial charge in [-0.1, -0.05) is 11.6 Å². The van der Waals surface area contributed by atoms with Crippen molar-refractivity contribution in [3.63, 3.8) is 0 Å². The van der Waals surface area contributed by atoms with Crippen LogP contribution in [-0.4, -0.2) is 33.0 Å². The van der Waals surface area contributed by atoms with Gasteiger partial charge in [-0.2, -0.15) is 0 Å². The van der Waals surface area contributed by atoms with Crippen molar-refractivity contribution >= 4 is 17.5 Å². The van der Waals surface area contributed by atoms with Crippen LogP contribution < -0.4 is 5.56 Å². The van der Waals surface area contributed by atoms with Crippen molar-refractivity contribution in [2.75, 3.05) is 13.1 Å². The summed E-state index contributed by atoms with van der Waals surface area (Å²) < 4.78 is 3.72. The monoisotopic (exact) mass is 409 g/mol. The molecule has 1 fully saturated rings. The first-order valence-corrected chi connectivity index (χ1v) is 10.2. The Morgan fingerprint density at radius 2 is 1.72 bits per heavy atom. The molecule has 29 heavy (non-hydrogen) atoms. The van der Waals surface area contributed by atoms with Crippen LogP contribution in [0.4, 0.5) is 0 Å². The van der Waals surface area contributed by atoms with Gasteiger partial charge >= 0.3 is 0 Å². The molecule has 1 amide bonds. The van der Waals surface area contributed by atoms with Crippen LogP contribution in [0.5, 0.6) is 0 Å². The summed E-state index contributed by atoms with van der Waals surface area (Å²) in [6.45, 7) is 3.15. The van der Waals surface area contributed by atoms with Gasteiger partial charge in [-0.05, 0) is 68.3 Å². The third kappa shape index (κ3) is 3.75. The molecule has 0 unspecified atom stereocenters. The lowest BCUT2D eigenvalue weighted by atomic mass is 9.93. The van der Waals surface area contributed by atoms with E-state index in [0.29, 0.717) is 19.0 Å². The molecule has 0 radical (unpaired) electrons. The molecule has 5 nitrogen and oxygen atoms in total. The standard InChI is InChI=1S/C23H24ClN3O2/c1-16-5-10-20(22(28)25(16)2)23(29)26-14-11-17(12-15-26)21-4-3-13-27(21)19-8-6-18(24)7-9-19/h3-10,13,17H,11-12,14-15H2,1-2H3. The second-order valence-corrected chi connectivity index (χ2v) is 8.03. The summed E-state index contributed by atoms with van der Waals surface area (Å²) in [5, 5.41) is 0.719. The van der Waals surface area contributed by atoms with Gasteiger partial charge in [-0.15, -0.1) is 0 Å². The first-order chi connectivity index (χ1) is 14.0. The number of carbonyl (C=O) groups excluding carboxylic acids is 1. The van der Waals surface area contributed by atoms with E-state index in [1.165, 1.54) is 10.3 Å². The van der Waals surface area contributed by atoms with Crippen LogP contribution in [0.1, 0.15) is 40.5 Å². The molecule has 3 heterocycles. The molecule has 1 aromatic carbocycles. The van der Waals surface area contributed by atoms with Crippen molar-refractivity contribution in [3.8, 4) is 5.69 Å². The van der Waals surface area contributed by atoms with Gasteiger partial charge in [0.1, 0.15) is 5.56 Å². The summed E-state index contributed by atoms with van der Waals surface area (Å²) in [6.07, 6.45) is 3.80. The van der Waals surface area contributed by atoms with Gasteiger partial charge in [0.15, 0.2) is 0 Å². The Kier molecular flexibility index (Phi) is 5.33. The highest BCUT2D eigenvalue weighted by atomic mass is 35.5. The maximum absolute atomic E-state index is 12.9. The Morgan fingerprint density at radius 1 is 1.03 bits per heavy atom. The summed E-state index contributed by atoms with van der Waals surface area (Å²) in [5.74, 6) is 0.197. The number of nitrogens with zero attached hydrogens (tertiary/aromatic N) is 3. The van der Waals surface area contributed by atoms with Gasteiger partial charge in [-0.25, -0.2) is 0 Å². The number of carbonyl (C=O) groups is 1. The van der Waals surface area contributed by atoms with Gasteiger partial charge in [0.2, 0.25) is 0 Å². The first kappa shape index (κ1) is 19.5. The SMILES string of the molecule is Cc1ccc(C(=O)N2CCC(c3cccn3-c3ccc(Cl)cc3)CC2)c(=O)n1C. The Balaban J connectivity index is 1.49. The Labute approximate surface area is 175 Å². The summed E-state index contributed by atoms with van der Waals surface area (Å²) >= 11 is 6.02. The highest BCUT2D eigenvalue weighted by Crippen LogP contribution is 2.30. The fourth-order valence-electron chi connectivity index (χ4n) is 4.00. The first-order valence-electron chi connectivity index (χ1n) is 9.85. The summed E-state index contributed by atoms with van der Waals surface area (Å²) in [6, 6.07) is 15.5. The Bertz CT molecular complexity index is 1090. The van der Waals surface area contributed by atoms with Gasteiger partial charge in [0, 0.05) is 54.3 Å². The van der Waals surface area contributed by atoms with Crippen LogP contribution in [0, 0.1) is 6.92 Å². The number of aromatic nitrogens is 2. The van der Waals surface area contributed by atoms with Crippen LogP contribution in [-0.2, 0) is 7.05 Å². The number of piperidine rings is 1. The largest absolute Gasteiger partial charge is 0.338 e. The third-order valence-corrected chi connectivity index (χ3v) is 6.12. The summed E-state index contributed by atoms with van der Waals surface area (Å²) in [7, 11) is 1.70. The minimum Gasteiger partial charge on any atom is -0.338 e. The van der Waals surface area contributed by atoms with E-state index in [1.807, 2.05) is 37.3 Å². The molecule has 1 aliphatic heterocycles. The second kappa shape index (κ2) is 7.91. The number of amides is 1. The molecular formula is C23H24ClN3O2. The molecule has 0 atom stereocenters. The Hall–Kier alpha value is -2.79. The van der Waals surface area contributed by atoms with Crippen LogP contribution in [0.3, 0.4) is 0 Å². The molecule has 0 saturated carbocycles. The number of halogens is 1. The second-order valence-electron chi connectivity index (χ2n) is 7.60. The molecule has 0 N–H and O–H groups in total. The van der Waals surface area contributed by atoms with Gasteiger partial charge in [0.25, 0.3) is 11.5 Å². The number of likely N-dealkylation sites (tertiary alicyclic amines) is 1. The highest BCUT2D eigenvalue weighted by molar-refractivity contribution is 6.30. The van der Waals surface area contributed by atoms with E-state index in [0.717, 1.165) is 29.2 Å². The van der Waals surface area contributed by atoms with Crippen LogP contribution in [0.25, 0.3) is 5.69 Å². The van der Waals surface area contributed by atoms with Gasteiger partial charge < -0.3 is 14.0 Å². The summed E-state index contributed by atoms with van der Waals surface area (Å²) in [4.78, 5) is 27.1. The maximum atomic E-state index is 12.9. The average Bonchev–Trinajstić information content (AvgIpc) is 3.22. The van der Waals surface area contributed by atoms with E-state index < -0.39 is 0 Å². The highest BCUT2D eigenvalue weighted by Gasteiger charge is 2.27. The molecule has 3 aromatic rings. The lowest BCUT2D eigenvalue weighted by Crippen LogP contribution is -2.41. The normalized spacial score (nSPS) is 14.9. The van der Waals surface area contributed by atoms with E-state index in [2.05, 4.69) is 22.9 Å². The fourth-order valence-corrected chi connectivity index (χ4v) is 4.13. The quantitative estimate of drug-likeness (QED) is 0.652. The molecule has 0 bridgehead atoms. The predicted molar refractivity (Wildman–Crippen MR) is 115 cm³/mol. The van der Waals surface area contributed by atoms with Crippen molar-refractivity contribution in [2.24, 2.45) is 7.05 Å². The number of hydrogen-bond donors (Lipinski definition) is 0. The van der Waals surface area contributed by atoms with Crippen LogP contribution in [0.15, 0.2) is 59.5 Å². The molecule has 1 saturated heterocycles. The van der Waals surface area contributed by atoms with Crippen molar-refractivity contribution in [1.82, 2.24) is 14.0 Å². The molecule has 4 rings (SSSR count). The van der Waals surface area contributed by atoms with E-state index in [4.69, 9.17) is 11.6 Å². The lowest BCUT2D eigenvalue weighted by Gasteiger charge is -2.32. The van der Waals surface area contributed by atoms with Crippen LogP contribution >= 0.6 is 11.6 Å². The molecule has 2 aromatic heterocycles. The zero-order valence-corrected chi connectivity index (χ0v) is 17.4. The zero-order chi connectivity index (χ0) is 20.5. The zero-order valence-electron chi connectivity index (χ0n) is 16.6. The molecular weight excluding hydrogens is 386 g/mol. The third-order valence-electron chi connectivity index (χ3n) is 5.87. The number of aryl methyl sites for hydroxylation is 1. The van der Waals surface area contributed by atoms with E-state index >= 15 is 0 Å². The number of hydrogen-bond acceptors (Lipinski definition) is 2. The molecule has 150 valence electrons. The van der Waals surface area contributed by atoms with Crippen LogP contribution in [0.2, 0.25) is 5.02 Å². The van der Waals surface area contributed by atoms with Crippen molar-refractivity contribution in [3.05, 3.63) is 87.1 Å². The molecule has 0 aliphatic carbocycles. The lowest BCUT2D eigenvalue weighted by molar-refractivity contribution is 0.0709. The molecule has 6 heteroatoms. The van der Waals surface area contributed by atoms with Crippen molar-refractivity contribution < 1.29 is 4.79 Å². The van der Waals surface area contributed by atoms with Gasteiger partial charge in [0.05, 0.1) is 0 Å². The van der Waals surface area contributed by atoms with E-state index in [9.17, 15) is 9.59 Å². The number of rotatable bonds is 3. The number of benzene rings is 1. The van der Waals surface area contributed by atoms with Crippen molar-refractivity contribution in [1.29, 1.82) is 0 Å². The predicted octanol–water partition coefficient (Wildman–Crippen LogP) is 4.16. The molecule has 0 spiro atoms. The van der Waals surface area contributed by atoms with Crippen molar-refractivity contribution in [2.45, 2.75) is 25.7 Å². The average molecular weight is 410 g/mol. The summed E-state index contributed by atoms with van der Waals surface area (Å²) in [5.41, 5.74) is 3.18. The van der Waals surface area contributed by atoms with E-state index in [1.54, 1.807) is 18.0 Å². The smallest absolute Gasteiger partial charge is 0.263 e. The minimum absolute atomic E-state index is 0.169. The van der Waals surface area contributed by atoms with E-state index in [-0.39, 0.29) is 17.0 Å². The maximum Gasteiger partial charge on any atom is 0.263 e. The Morgan fingerprint density at radius 3 is 2.41 bits per heavy atom. The topological polar surface area (TPSA) is 47.2 Å². The molecule has 1 aliphatic rings. The minimum atomic E-state index is -0.228. The fraction of sp³-hybridized carbons (Fsp3) is 0.304. The van der Waals surface area contributed by atoms with Gasteiger partial charge in [-0.3, -0.25) is 9.59 Å².